The third-order valence-corrected chi connectivity index (χ3v) is 19.9. The van der Waals surface area contributed by atoms with Gasteiger partial charge in [-0.2, -0.15) is 0 Å². The number of aliphatic hydroxyl groups is 2. The molecular weight excluding hydrogens is 1720 g/mol. The molecule has 5 rings (SSSR count). The maximum Gasteiger partial charge on any atom is 0.322 e. The number of aromatic hydroxyl groups is 2. The van der Waals surface area contributed by atoms with E-state index < -0.39 is 237 Å². The smallest absolute Gasteiger partial charge is 0.322 e. The van der Waals surface area contributed by atoms with Gasteiger partial charge in [-0.1, -0.05) is 157 Å². The van der Waals surface area contributed by atoms with E-state index in [0.717, 1.165) is 0 Å². The van der Waals surface area contributed by atoms with E-state index in [9.17, 15) is 102 Å². The molecule has 716 valence electrons. The van der Waals surface area contributed by atoms with Crippen LogP contribution in [0.3, 0.4) is 0 Å². The van der Waals surface area contributed by atoms with Crippen LogP contribution in [0.2, 0.25) is 0 Å². The number of carbonyl (C=O) groups excluding carboxylic acids is 17. The summed E-state index contributed by atoms with van der Waals surface area (Å²) >= 11 is 0. The second-order valence-corrected chi connectivity index (χ2v) is 32.5. The van der Waals surface area contributed by atoms with Crippen molar-refractivity contribution < 1.29 is 122 Å². The van der Waals surface area contributed by atoms with Gasteiger partial charge in [-0.05, 0) is 102 Å². The molecule has 132 heavy (non-hydrogen) atoms. The quantitative estimate of drug-likeness (QED) is 0.0174. The number of nitrogens with two attached hydrogens (primary N) is 2. The number of hydrogen-bond donors (Lipinski definition) is 24. The van der Waals surface area contributed by atoms with Crippen LogP contribution in [0.5, 0.6) is 11.5 Å². The molecule has 17 amide bonds. The lowest BCUT2D eigenvalue weighted by molar-refractivity contribution is -0.139. The summed E-state index contributed by atoms with van der Waals surface area (Å²) in [6, 6.07) is 17.3. The number of benzene rings is 5. The lowest BCUT2D eigenvalue weighted by Crippen LogP contribution is -2.61. The van der Waals surface area contributed by atoms with Crippen LogP contribution in [0.1, 0.15) is 114 Å². The van der Waals surface area contributed by atoms with Crippen molar-refractivity contribution in [1.82, 2.24) is 85.1 Å². The lowest BCUT2D eigenvalue weighted by atomic mass is 9.99. The number of aliphatic carboxylic acids is 2. The van der Waals surface area contributed by atoms with Gasteiger partial charge in [0.2, 0.25) is 100 Å². The molecule has 5 aromatic rings. The number of carboxylic acids is 2. The first-order chi connectivity index (χ1) is 62.6. The van der Waals surface area contributed by atoms with E-state index in [1.54, 1.807) is 133 Å². The Morgan fingerprint density at radius 2 is 0.515 bits per heavy atom. The van der Waals surface area contributed by atoms with Crippen molar-refractivity contribution in [3.63, 3.8) is 0 Å². The third kappa shape index (κ3) is 40.9. The molecule has 0 fully saturated rings. The van der Waals surface area contributed by atoms with Crippen LogP contribution in [0.4, 0.5) is 0 Å². The van der Waals surface area contributed by atoms with E-state index in [-0.39, 0.29) is 99.9 Å². The standard InChI is InChI=1S/C89H120N18O25/c1-49(2)34-61(80(123)93-43-72(113)97-62(35-50(3)4)83(126)101-60(31-32-71(91)112)79(122)96-46-77(119)120)102-84(127)63(36-51(5)6)103-89(132)70(48-109)107-88(131)68(39-54-20-14-9-15-21-54)106-87(130)67(38-53-18-12-8-13-19-53)105-86(129)66(41-56-24-28-58(111)29-25-56)99-73(114)44-94-81(124)64(40-55-22-26-57(110)27-23-55)104-85(128)65(37-52-16-10-7-11-17-52)98-74(115)45-95-82(125)69(47-108)100-75(116)42-92-78(121)59(90)30-33-76(117)118/h7-29,49-51,59-70,108-111H,30-48,90H2,1-6H3,(H2,91,112)(H,92,121)(H,93,123)(H,94,124)(H,95,125)(H,96,122)(H,97,113)(H,98,115)(H,99,114)(H,100,116)(H,101,126)(H,102,127)(H,103,132)(H,104,128)(H,105,129)(H,106,130)(H,107,131)(H,117,118)(H,119,120)/t59-,60-,61-,62-,63-,64-,65-,66-,67-,68-,69-,70-/m0/s1. The summed E-state index contributed by atoms with van der Waals surface area (Å²) in [5, 5.41) is 98.5. The van der Waals surface area contributed by atoms with Gasteiger partial charge in [0.05, 0.1) is 45.4 Å². The minimum Gasteiger partial charge on any atom is -0.508 e. The lowest BCUT2D eigenvalue weighted by Gasteiger charge is -2.28. The fraction of sp³-hybridized carbons (Fsp3) is 0.449. The summed E-state index contributed by atoms with van der Waals surface area (Å²) in [5.41, 5.74) is 13.1. The number of carbonyl (C=O) groups is 19. The molecule has 0 heterocycles. The Kier molecular flexibility index (Phi) is 45.9. The molecule has 5 aromatic carbocycles. The first-order valence-electron chi connectivity index (χ1n) is 42.6. The average Bonchev–Trinajstić information content (AvgIpc) is 0.837. The van der Waals surface area contributed by atoms with Crippen molar-refractivity contribution in [3.05, 3.63) is 167 Å². The first kappa shape index (κ1) is 108. The van der Waals surface area contributed by atoms with Crippen LogP contribution in [0.15, 0.2) is 140 Å². The third-order valence-electron chi connectivity index (χ3n) is 19.9. The van der Waals surface area contributed by atoms with E-state index in [1.165, 1.54) is 48.5 Å². The highest BCUT2D eigenvalue weighted by Crippen LogP contribution is 2.18. The van der Waals surface area contributed by atoms with Gasteiger partial charge >= 0.3 is 11.9 Å². The average molecular weight is 1840 g/mol. The maximum absolute atomic E-state index is 15.1. The topological polar surface area (TPSA) is 690 Å². The Bertz CT molecular complexity index is 4740. The van der Waals surface area contributed by atoms with E-state index in [2.05, 4.69) is 85.1 Å². The van der Waals surface area contributed by atoms with Crippen molar-refractivity contribution in [2.24, 2.45) is 29.2 Å². The van der Waals surface area contributed by atoms with Gasteiger partial charge in [-0.3, -0.25) is 91.1 Å². The van der Waals surface area contributed by atoms with Gasteiger partial charge in [-0.25, -0.2) is 0 Å². The first-order valence-corrected chi connectivity index (χ1v) is 42.6. The molecule has 0 spiro atoms. The summed E-state index contributed by atoms with van der Waals surface area (Å²) in [7, 11) is 0. The second kappa shape index (κ2) is 56.1. The van der Waals surface area contributed by atoms with Crippen molar-refractivity contribution in [1.29, 1.82) is 0 Å². The Balaban J connectivity index is 1.35. The molecule has 0 bridgehead atoms. The zero-order valence-corrected chi connectivity index (χ0v) is 74.0. The minimum absolute atomic E-state index is 0.00442. The van der Waals surface area contributed by atoms with Crippen molar-refractivity contribution >= 4 is 112 Å². The molecule has 12 atom stereocenters. The minimum atomic E-state index is -1.84. The highest BCUT2D eigenvalue weighted by molar-refractivity contribution is 6.00. The van der Waals surface area contributed by atoms with Crippen molar-refractivity contribution in [2.45, 2.75) is 191 Å². The van der Waals surface area contributed by atoms with Crippen LogP contribution < -0.4 is 96.5 Å². The van der Waals surface area contributed by atoms with Crippen molar-refractivity contribution in [3.8, 4) is 11.5 Å². The molecule has 0 saturated carbocycles. The Labute approximate surface area is 761 Å². The molecule has 0 aliphatic rings. The zero-order valence-electron chi connectivity index (χ0n) is 74.0. The SMILES string of the molecule is CC(C)C[C@H](NC(=O)CNC(=O)[C@H](CC(C)C)NC(=O)[C@H](CC(C)C)NC(=O)[C@H](CO)NC(=O)[C@H](Cc1ccccc1)NC(=O)[C@H](Cc1ccccc1)NC(=O)[C@H](Cc1ccc(O)cc1)NC(=O)CNC(=O)[C@H](Cc1ccc(O)cc1)NC(=O)[C@H](Cc1ccccc1)NC(=O)CNC(=O)[C@H](CO)NC(=O)CNC(=O)[C@@H](N)CCC(=O)O)C(=O)N[C@@H](CCC(N)=O)C(=O)NCC(=O)O. The maximum atomic E-state index is 15.1. The van der Waals surface area contributed by atoms with E-state index in [4.69, 9.17) is 21.7 Å². The predicted octanol–water partition coefficient (Wildman–Crippen LogP) is -4.81. The number of aliphatic hydroxyl groups excluding tert-OH is 2. The summed E-state index contributed by atoms with van der Waals surface area (Å²) in [6.45, 7) is 4.24. The number of hydrogen-bond acceptors (Lipinski definition) is 24. The monoisotopic (exact) mass is 1840 g/mol. The number of phenols is 2. The fourth-order valence-corrected chi connectivity index (χ4v) is 13.1. The van der Waals surface area contributed by atoms with Crippen molar-refractivity contribution in [2.75, 3.05) is 45.9 Å². The van der Waals surface area contributed by atoms with Crippen LogP contribution in [0.25, 0.3) is 0 Å². The highest BCUT2D eigenvalue weighted by Gasteiger charge is 2.37. The van der Waals surface area contributed by atoms with Gasteiger partial charge in [-0.15, -0.1) is 0 Å². The van der Waals surface area contributed by atoms with E-state index >= 15 is 9.59 Å². The van der Waals surface area contributed by atoms with E-state index in [1.807, 2.05) is 0 Å². The number of amides is 17. The fourth-order valence-electron chi connectivity index (χ4n) is 13.1. The molecule has 0 aromatic heterocycles. The van der Waals surface area contributed by atoms with Crippen LogP contribution >= 0.6 is 0 Å². The zero-order chi connectivity index (χ0) is 97.7. The molecule has 0 radical (unpaired) electrons. The molecule has 0 aliphatic carbocycles. The highest BCUT2D eigenvalue weighted by atomic mass is 16.4. The number of phenolic OH excluding ortho intramolecular Hbond substituents is 2. The molecule has 43 nitrogen and oxygen atoms in total. The molecule has 0 aliphatic heterocycles. The largest absolute Gasteiger partial charge is 0.508 e. The number of rotatable bonds is 57. The number of carboxylic acid groups (broad SMARTS) is 2. The summed E-state index contributed by atoms with van der Waals surface area (Å²) < 4.78 is 0. The summed E-state index contributed by atoms with van der Waals surface area (Å²) in [4.78, 5) is 257. The Morgan fingerprint density at radius 1 is 0.273 bits per heavy atom. The van der Waals surface area contributed by atoms with Gasteiger partial charge in [0, 0.05) is 44.9 Å². The normalized spacial score (nSPS) is 13.7. The predicted molar refractivity (Wildman–Crippen MR) is 474 cm³/mol. The number of primary amides is 1. The molecule has 43 heteroatoms. The van der Waals surface area contributed by atoms with Gasteiger partial charge in [0.1, 0.15) is 84.5 Å². The molecular formula is C89H120N18O25. The Morgan fingerprint density at radius 3 is 0.856 bits per heavy atom. The number of nitrogens with one attached hydrogen (secondary N) is 16. The van der Waals surface area contributed by atoms with Gasteiger partial charge in [0.15, 0.2) is 0 Å². The van der Waals surface area contributed by atoms with Crippen LogP contribution in [0, 0.1) is 17.8 Å². The van der Waals surface area contributed by atoms with Crippen LogP contribution in [-0.4, -0.2) is 261 Å². The summed E-state index contributed by atoms with van der Waals surface area (Å²) in [6.07, 6.45) is -2.89. The molecule has 0 unspecified atom stereocenters. The van der Waals surface area contributed by atoms with E-state index in [0.29, 0.717) is 27.8 Å². The van der Waals surface area contributed by atoms with Gasteiger partial charge in [0.25, 0.3) is 0 Å². The molecule has 26 N–H and O–H groups in total. The van der Waals surface area contributed by atoms with Gasteiger partial charge < -0.3 is 127 Å². The summed E-state index contributed by atoms with van der Waals surface area (Å²) in [5.74, 6) is -20.2. The van der Waals surface area contributed by atoms with Crippen LogP contribution in [-0.2, 0) is 123 Å². The second-order valence-electron chi connectivity index (χ2n) is 32.5. The Hall–Kier alpha value is -14.5. The molecule has 0 saturated heterocycles.